The number of alkyl halides is 1. The summed E-state index contributed by atoms with van der Waals surface area (Å²) >= 11 is 5.63. The fourth-order valence-electron chi connectivity index (χ4n) is 1.56. The molecule has 0 bridgehead atoms. The van der Waals surface area contributed by atoms with Crippen LogP contribution in [0.2, 0.25) is 0 Å². The second kappa shape index (κ2) is 5.98. The Morgan fingerprint density at radius 1 is 1.29 bits per heavy atom. The molecule has 0 aromatic carbocycles. The van der Waals surface area contributed by atoms with Gasteiger partial charge in [-0.25, -0.2) is 0 Å². The van der Waals surface area contributed by atoms with Gasteiger partial charge in [0.25, 0.3) is 0 Å². The van der Waals surface area contributed by atoms with Gasteiger partial charge in [0.1, 0.15) is 0 Å². The summed E-state index contributed by atoms with van der Waals surface area (Å²) in [5.74, 6) is 0. The normalized spacial score (nSPS) is 16.5. The minimum atomic E-state index is -2.45. The van der Waals surface area contributed by atoms with E-state index in [0.717, 1.165) is 20.9 Å². The maximum Gasteiger partial charge on any atom is 0.0583 e. The zero-order valence-electron chi connectivity index (χ0n) is 14.5. The number of thiophene rings is 2. The van der Waals surface area contributed by atoms with E-state index >= 15 is 0 Å². The largest absolute Gasteiger partial charge is 0.144 e. The molecule has 90 valence electrons. The number of hydrogen-bond acceptors (Lipinski definition) is 2. The van der Waals surface area contributed by atoms with Crippen LogP contribution in [0.3, 0.4) is 0 Å². The van der Waals surface area contributed by atoms with Crippen LogP contribution in [0.5, 0.6) is 0 Å². The van der Waals surface area contributed by atoms with E-state index in [9.17, 15) is 0 Å². The smallest absolute Gasteiger partial charge is 0.0583 e. The van der Waals surface area contributed by atoms with Crippen molar-refractivity contribution in [1.82, 2.24) is 0 Å². The van der Waals surface area contributed by atoms with E-state index in [4.69, 9.17) is 6.85 Å². The predicted molar refractivity (Wildman–Crippen MR) is 83.6 cm³/mol. The minimum absolute atomic E-state index is 0.342. The van der Waals surface area contributed by atoms with Gasteiger partial charge in [0.2, 0.25) is 0 Å². The molecule has 0 aliphatic carbocycles. The van der Waals surface area contributed by atoms with Gasteiger partial charge < -0.3 is 0 Å². The Labute approximate surface area is 126 Å². The molecule has 0 saturated carbocycles. The Balaban J connectivity index is 2.78. The van der Waals surface area contributed by atoms with Gasteiger partial charge in [0.05, 0.1) is 1.37 Å². The molecule has 0 spiro atoms. The molecule has 2 heterocycles. The van der Waals surface area contributed by atoms with Crippen molar-refractivity contribution in [3.8, 4) is 0 Å². The van der Waals surface area contributed by atoms with E-state index in [1.54, 1.807) is 0 Å². The van der Waals surface area contributed by atoms with Crippen molar-refractivity contribution in [1.29, 1.82) is 0 Å². The minimum Gasteiger partial charge on any atom is -0.144 e. The van der Waals surface area contributed by atoms with Gasteiger partial charge in [-0.2, -0.15) is 0 Å². The highest BCUT2D eigenvalue weighted by molar-refractivity contribution is 9.09. The molecule has 0 amide bonds. The zero-order valence-corrected chi connectivity index (χ0v) is 12.7. The van der Waals surface area contributed by atoms with E-state index < -0.39 is 11.7 Å². The lowest BCUT2D eigenvalue weighted by Crippen LogP contribution is -1.87. The van der Waals surface area contributed by atoms with Gasteiger partial charge >= 0.3 is 0 Å². The quantitative estimate of drug-likeness (QED) is 0.635. The second-order valence-corrected chi connectivity index (χ2v) is 5.81. The van der Waals surface area contributed by atoms with E-state index in [1.165, 1.54) is 22.7 Å². The maximum atomic E-state index is 8.38. The molecule has 0 saturated heterocycles. The van der Waals surface area contributed by atoms with E-state index in [0.29, 0.717) is 5.57 Å². The lowest BCUT2D eigenvalue weighted by molar-refractivity contribution is 1.26. The number of halogens is 1. The molecule has 0 N–H and O–H groups in total. The van der Waals surface area contributed by atoms with Crippen molar-refractivity contribution in [2.45, 2.75) is 20.2 Å². The highest BCUT2D eigenvalue weighted by Gasteiger charge is 2.12. The first-order valence-electron chi connectivity index (χ1n) is 7.56. The third-order valence-corrected chi connectivity index (χ3v) is 4.68. The lowest BCUT2D eigenvalue weighted by atomic mass is 10.1. The van der Waals surface area contributed by atoms with Crippen LogP contribution < -0.4 is 0 Å². The molecule has 0 aliphatic heterocycles. The zero-order chi connectivity index (χ0) is 16.7. The first-order chi connectivity index (χ1) is 10.1. The average molecular weight is 332 g/mol. The fraction of sp³-hybridized carbons (Fsp3) is 0.286. The van der Waals surface area contributed by atoms with Crippen LogP contribution in [0.15, 0.2) is 28.9 Å². The number of aryl methyl sites for hydroxylation is 2. The number of allylic oxidation sites excluding steroid dienone is 1. The second-order valence-electron chi connectivity index (χ2n) is 3.58. The standard InChI is InChI=1S/C14H15BrS2/c1-10-5-8-16-13(10)12(4-3-7-15)14-11(2)6-9-17-14/h4-6,8-9H,3,7H2,1-2H3/i3D2,4D,7D2. The van der Waals surface area contributed by atoms with Gasteiger partial charge in [-0.05, 0) is 54.2 Å². The molecule has 2 rings (SSSR count). The van der Waals surface area contributed by atoms with Gasteiger partial charge in [0.15, 0.2) is 0 Å². The number of hydrogen-bond donors (Lipinski definition) is 0. The molecule has 2 aromatic heterocycles. The Morgan fingerprint density at radius 3 is 2.18 bits per heavy atom. The van der Waals surface area contributed by atoms with Crippen LogP contribution in [-0.4, -0.2) is 5.28 Å². The Bertz CT molecular complexity index is 667. The summed E-state index contributed by atoms with van der Waals surface area (Å²) < 4.78 is 39.9. The van der Waals surface area contributed by atoms with Crippen LogP contribution in [0.1, 0.15) is 34.1 Å². The first-order valence-corrected chi connectivity index (χ1v) is 7.61. The lowest BCUT2D eigenvalue weighted by Gasteiger charge is -2.06. The van der Waals surface area contributed by atoms with Gasteiger partial charge in [-0.15, -0.1) is 22.7 Å². The van der Waals surface area contributed by atoms with Gasteiger partial charge in [-0.1, -0.05) is 22.0 Å². The first kappa shape index (κ1) is 7.93. The molecule has 0 unspecified atom stereocenters. The van der Waals surface area contributed by atoms with E-state index in [-0.39, 0.29) is 6.05 Å². The van der Waals surface area contributed by atoms with Crippen molar-refractivity contribution in [3.05, 3.63) is 49.8 Å². The Kier molecular flexibility index (Phi) is 2.79. The maximum absolute atomic E-state index is 8.38. The van der Waals surface area contributed by atoms with Crippen molar-refractivity contribution in [3.63, 3.8) is 0 Å². The summed E-state index contributed by atoms with van der Waals surface area (Å²) in [6.45, 7) is 3.83. The van der Waals surface area contributed by atoms with Crippen LogP contribution in [0.4, 0.5) is 0 Å². The summed E-state index contributed by atoms with van der Waals surface area (Å²) in [6, 6.07) is 3.51. The molecule has 0 aliphatic rings. The highest BCUT2D eigenvalue weighted by Crippen LogP contribution is 2.35. The van der Waals surface area contributed by atoms with Crippen molar-refractivity contribution in [2.24, 2.45) is 0 Å². The average Bonchev–Trinajstić information content (AvgIpc) is 2.99. The Hall–Kier alpha value is -0.380. The summed E-state index contributed by atoms with van der Waals surface area (Å²) in [7, 11) is 0. The SMILES string of the molecule is [2H]C(=C(c1sccc1C)c1sccc1C)C([2H])([2H])C([2H])([2H])Br. The molecule has 0 radical (unpaired) electrons. The summed E-state index contributed by atoms with van der Waals surface area (Å²) in [5, 5.41) is 1.48. The van der Waals surface area contributed by atoms with Crippen LogP contribution in [-0.2, 0) is 0 Å². The molecule has 0 nitrogen and oxygen atoms in total. The van der Waals surface area contributed by atoms with E-state index in [1.807, 2.05) is 36.7 Å². The molecule has 0 atom stereocenters. The topological polar surface area (TPSA) is 0 Å². The van der Waals surface area contributed by atoms with Crippen molar-refractivity contribution in [2.75, 3.05) is 5.28 Å². The number of rotatable bonds is 4. The Morgan fingerprint density at radius 2 is 1.82 bits per heavy atom. The highest BCUT2D eigenvalue weighted by atomic mass is 79.9. The predicted octanol–water partition coefficient (Wildman–Crippen LogP) is 5.64. The molecule has 17 heavy (non-hydrogen) atoms. The summed E-state index contributed by atoms with van der Waals surface area (Å²) in [6.07, 6.45) is -2.45. The molecular formula is C14H15BrS2. The molecular weight excluding hydrogens is 312 g/mol. The van der Waals surface area contributed by atoms with Crippen LogP contribution in [0, 0.1) is 13.8 Å². The van der Waals surface area contributed by atoms with E-state index in [2.05, 4.69) is 15.9 Å². The monoisotopic (exact) mass is 331 g/mol. The van der Waals surface area contributed by atoms with Gasteiger partial charge in [-0.3, -0.25) is 0 Å². The fourth-order valence-corrected chi connectivity index (χ4v) is 3.59. The summed E-state index contributed by atoms with van der Waals surface area (Å²) in [4.78, 5) is 1.63. The van der Waals surface area contributed by atoms with Crippen LogP contribution >= 0.6 is 38.6 Å². The van der Waals surface area contributed by atoms with Crippen molar-refractivity contribution >= 4 is 44.2 Å². The third kappa shape index (κ3) is 2.90. The van der Waals surface area contributed by atoms with Gasteiger partial charge in [0, 0.05) is 26.1 Å². The molecule has 2 aromatic rings. The van der Waals surface area contributed by atoms with Crippen LogP contribution in [0.25, 0.3) is 5.57 Å². The molecule has 0 fully saturated rings. The van der Waals surface area contributed by atoms with Crippen molar-refractivity contribution < 1.29 is 6.85 Å². The molecule has 3 heteroatoms. The summed E-state index contributed by atoms with van der Waals surface area (Å²) in [5.41, 5.74) is 2.40. The third-order valence-electron chi connectivity index (χ3n) is 2.41.